The topological polar surface area (TPSA) is 75.4 Å². The fourth-order valence-corrected chi connectivity index (χ4v) is 2.60. The lowest BCUT2D eigenvalue weighted by Gasteiger charge is -2.14. The van der Waals surface area contributed by atoms with Gasteiger partial charge in [0.2, 0.25) is 10.0 Å². The summed E-state index contributed by atoms with van der Waals surface area (Å²) >= 11 is 1.73. The zero-order valence-corrected chi connectivity index (χ0v) is 12.4. The van der Waals surface area contributed by atoms with Crippen molar-refractivity contribution in [3.05, 3.63) is 18.2 Å². The lowest BCUT2D eigenvalue weighted by atomic mass is 10.2. The van der Waals surface area contributed by atoms with E-state index in [9.17, 15) is 8.42 Å². The molecule has 18 heavy (non-hydrogen) atoms. The van der Waals surface area contributed by atoms with Crippen LogP contribution in [0.2, 0.25) is 0 Å². The van der Waals surface area contributed by atoms with E-state index in [-0.39, 0.29) is 4.90 Å². The Balaban J connectivity index is 2.93. The maximum Gasteiger partial charge on any atom is 0.242 e. The molecular weight excluding hydrogens is 270 g/mol. The van der Waals surface area contributed by atoms with Gasteiger partial charge in [0, 0.05) is 26.4 Å². The fraction of sp³-hybridized carbons (Fsp3) is 0.455. The maximum absolute atomic E-state index is 11.9. The summed E-state index contributed by atoms with van der Waals surface area (Å²) in [7, 11) is -0.428. The van der Waals surface area contributed by atoms with Crippen LogP contribution in [0.3, 0.4) is 0 Å². The first-order valence-electron chi connectivity index (χ1n) is 5.44. The molecule has 0 unspecified atom stereocenters. The number of nitrogens with two attached hydrogens (primary N) is 1. The van der Waals surface area contributed by atoms with Crippen LogP contribution >= 0.6 is 11.8 Å². The molecule has 0 aliphatic rings. The monoisotopic (exact) mass is 289 g/mol. The minimum atomic E-state index is -3.42. The molecule has 0 radical (unpaired) electrons. The van der Waals surface area contributed by atoms with Gasteiger partial charge < -0.3 is 11.1 Å². The first-order chi connectivity index (χ1) is 8.39. The van der Waals surface area contributed by atoms with Crippen LogP contribution in [0.15, 0.2) is 23.1 Å². The van der Waals surface area contributed by atoms with Crippen molar-refractivity contribution < 1.29 is 8.42 Å². The minimum absolute atomic E-state index is 0.209. The van der Waals surface area contributed by atoms with E-state index in [1.54, 1.807) is 23.9 Å². The minimum Gasteiger partial charge on any atom is -0.397 e. The van der Waals surface area contributed by atoms with Gasteiger partial charge in [0.05, 0.1) is 16.3 Å². The van der Waals surface area contributed by atoms with Crippen LogP contribution < -0.4 is 11.1 Å². The number of hydrogen-bond donors (Lipinski definition) is 2. The molecule has 0 aliphatic carbocycles. The lowest BCUT2D eigenvalue weighted by Crippen LogP contribution is -2.22. The van der Waals surface area contributed by atoms with Crippen molar-refractivity contribution in [2.24, 2.45) is 0 Å². The molecular formula is C11H19N3O2S2. The van der Waals surface area contributed by atoms with Gasteiger partial charge in [0.1, 0.15) is 0 Å². The van der Waals surface area contributed by atoms with E-state index in [1.807, 2.05) is 6.26 Å². The van der Waals surface area contributed by atoms with Crippen molar-refractivity contribution in [2.75, 3.05) is 43.7 Å². The fourth-order valence-electron chi connectivity index (χ4n) is 1.36. The summed E-state index contributed by atoms with van der Waals surface area (Å²) in [6.07, 6.45) is 2.03. The Labute approximate surface area is 113 Å². The van der Waals surface area contributed by atoms with Crippen molar-refractivity contribution in [1.82, 2.24) is 4.31 Å². The lowest BCUT2D eigenvalue weighted by molar-refractivity contribution is 0.521. The number of anilines is 2. The molecule has 1 aromatic rings. The van der Waals surface area contributed by atoms with E-state index in [1.165, 1.54) is 24.5 Å². The van der Waals surface area contributed by atoms with Crippen LogP contribution in [0.4, 0.5) is 11.4 Å². The Bertz CT molecular complexity index is 501. The third-order valence-corrected chi connectivity index (χ3v) is 4.85. The first kappa shape index (κ1) is 15.1. The highest BCUT2D eigenvalue weighted by Gasteiger charge is 2.17. The molecule has 1 aromatic carbocycles. The zero-order chi connectivity index (χ0) is 13.8. The molecule has 0 atom stereocenters. The molecule has 0 fully saturated rings. The molecule has 0 spiro atoms. The van der Waals surface area contributed by atoms with Crippen molar-refractivity contribution in [3.63, 3.8) is 0 Å². The molecule has 0 aliphatic heterocycles. The summed E-state index contributed by atoms with van der Waals surface area (Å²) in [5.41, 5.74) is 7.06. The molecule has 0 saturated carbocycles. The van der Waals surface area contributed by atoms with Crippen LogP contribution in [0.25, 0.3) is 0 Å². The van der Waals surface area contributed by atoms with Crippen LogP contribution in [-0.4, -0.2) is 45.4 Å². The predicted molar refractivity (Wildman–Crippen MR) is 78.6 cm³/mol. The van der Waals surface area contributed by atoms with Crippen molar-refractivity contribution in [1.29, 1.82) is 0 Å². The Morgan fingerprint density at radius 1 is 1.39 bits per heavy atom. The Hall–Kier alpha value is -0.920. The zero-order valence-electron chi connectivity index (χ0n) is 10.8. The molecule has 0 amide bonds. The van der Waals surface area contributed by atoms with Gasteiger partial charge in [0.25, 0.3) is 0 Å². The second-order valence-corrected chi connectivity index (χ2v) is 7.09. The summed E-state index contributed by atoms with van der Waals surface area (Å²) in [4.78, 5) is 0.209. The van der Waals surface area contributed by atoms with Gasteiger partial charge >= 0.3 is 0 Å². The van der Waals surface area contributed by atoms with E-state index < -0.39 is 10.0 Å². The normalized spacial score (nSPS) is 11.8. The molecule has 0 aromatic heterocycles. The molecule has 3 N–H and O–H groups in total. The van der Waals surface area contributed by atoms with Gasteiger partial charge in [0.15, 0.2) is 0 Å². The predicted octanol–water partition coefficient (Wildman–Crippen LogP) is 1.29. The highest BCUT2D eigenvalue weighted by Crippen LogP contribution is 2.23. The Kier molecular flexibility index (Phi) is 5.30. The summed E-state index contributed by atoms with van der Waals surface area (Å²) in [6.45, 7) is 0.797. The standard InChI is InChI=1S/C11H19N3O2S2/c1-14(2)18(15,16)9-4-5-11(10(12)8-9)13-6-7-17-3/h4-5,8,13H,6-7,12H2,1-3H3. The van der Waals surface area contributed by atoms with E-state index in [0.29, 0.717) is 5.69 Å². The van der Waals surface area contributed by atoms with E-state index in [4.69, 9.17) is 5.73 Å². The van der Waals surface area contributed by atoms with Gasteiger partial charge in [-0.2, -0.15) is 11.8 Å². The second-order valence-electron chi connectivity index (χ2n) is 3.96. The summed E-state index contributed by atoms with van der Waals surface area (Å²) in [6, 6.07) is 4.75. The van der Waals surface area contributed by atoms with Crippen LogP contribution in [0.1, 0.15) is 0 Å². The van der Waals surface area contributed by atoms with Crippen molar-refractivity contribution in [3.8, 4) is 0 Å². The molecule has 1 rings (SSSR count). The summed E-state index contributed by atoms with van der Waals surface area (Å²) in [5, 5.41) is 3.17. The first-order valence-corrected chi connectivity index (χ1v) is 8.28. The molecule has 0 bridgehead atoms. The third kappa shape index (κ3) is 3.54. The van der Waals surface area contributed by atoms with Crippen LogP contribution in [0, 0.1) is 0 Å². The molecule has 102 valence electrons. The highest BCUT2D eigenvalue weighted by molar-refractivity contribution is 7.98. The number of nitrogens with zero attached hydrogens (tertiary/aromatic N) is 1. The summed E-state index contributed by atoms with van der Waals surface area (Å²) < 4.78 is 25.0. The van der Waals surface area contributed by atoms with E-state index in [0.717, 1.165) is 18.0 Å². The number of nitrogen functional groups attached to an aromatic ring is 1. The summed E-state index contributed by atoms with van der Waals surface area (Å²) in [5.74, 6) is 0.969. The van der Waals surface area contributed by atoms with Crippen LogP contribution in [-0.2, 0) is 10.0 Å². The Morgan fingerprint density at radius 2 is 2.06 bits per heavy atom. The number of sulfonamides is 1. The number of benzene rings is 1. The van der Waals surface area contributed by atoms with Crippen molar-refractivity contribution in [2.45, 2.75) is 4.90 Å². The molecule has 0 saturated heterocycles. The highest BCUT2D eigenvalue weighted by atomic mass is 32.2. The van der Waals surface area contributed by atoms with E-state index in [2.05, 4.69) is 5.32 Å². The third-order valence-electron chi connectivity index (χ3n) is 2.42. The average molecular weight is 289 g/mol. The number of thioether (sulfide) groups is 1. The molecule has 5 nitrogen and oxygen atoms in total. The van der Waals surface area contributed by atoms with Gasteiger partial charge in [-0.15, -0.1) is 0 Å². The van der Waals surface area contributed by atoms with Crippen LogP contribution in [0.5, 0.6) is 0 Å². The number of hydrogen-bond acceptors (Lipinski definition) is 5. The quantitative estimate of drug-likeness (QED) is 0.610. The maximum atomic E-state index is 11.9. The average Bonchev–Trinajstić information content (AvgIpc) is 2.31. The largest absolute Gasteiger partial charge is 0.397 e. The molecule has 0 heterocycles. The Morgan fingerprint density at radius 3 is 2.56 bits per heavy atom. The smallest absolute Gasteiger partial charge is 0.242 e. The van der Waals surface area contributed by atoms with Gasteiger partial charge in [-0.3, -0.25) is 0 Å². The second kappa shape index (κ2) is 6.31. The number of nitrogens with one attached hydrogen (secondary N) is 1. The van der Waals surface area contributed by atoms with Gasteiger partial charge in [-0.25, -0.2) is 12.7 Å². The van der Waals surface area contributed by atoms with Crippen molar-refractivity contribution >= 4 is 33.2 Å². The van der Waals surface area contributed by atoms with E-state index >= 15 is 0 Å². The molecule has 7 heteroatoms. The van der Waals surface area contributed by atoms with Gasteiger partial charge in [-0.1, -0.05) is 0 Å². The number of rotatable bonds is 6. The SMILES string of the molecule is CSCCNc1ccc(S(=O)(=O)N(C)C)cc1N. The van der Waals surface area contributed by atoms with Gasteiger partial charge in [-0.05, 0) is 24.5 Å².